The molecular formula is C26H33NO6. The van der Waals surface area contributed by atoms with E-state index in [1.165, 1.54) is 7.11 Å². The molecule has 0 bridgehead atoms. The van der Waals surface area contributed by atoms with Crippen LogP contribution in [-0.4, -0.2) is 56.8 Å². The summed E-state index contributed by atoms with van der Waals surface area (Å²) in [6.07, 6.45) is 0.978. The predicted molar refractivity (Wildman–Crippen MR) is 125 cm³/mol. The van der Waals surface area contributed by atoms with Gasteiger partial charge in [0.25, 0.3) is 5.91 Å². The number of carbonyl (C=O) groups is 2. The zero-order chi connectivity index (χ0) is 23.8. The highest BCUT2D eigenvalue weighted by Crippen LogP contribution is 2.41. The second kappa shape index (κ2) is 11.1. The number of amides is 1. The number of hydrogen-bond acceptors (Lipinski definition) is 6. The van der Waals surface area contributed by atoms with Gasteiger partial charge in [0.2, 0.25) is 5.75 Å². The molecule has 0 N–H and O–H groups in total. The van der Waals surface area contributed by atoms with Gasteiger partial charge in [0, 0.05) is 18.7 Å². The number of carbonyl (C=O) groups excluding carboxylic acids is 2. The van der Waals surface area contributed by atoms with Gasteiger partial charge in [-0.1, -0.05) is 30.3 Å². The van der Waals surface area contributed by atoms with Crippen molar-refractivity contribution in [2.75, 3.05) is 40.0 Å². The monoisotopic (exact) mass is 455 g/mol. The third-order valence-corrected chi connectivity index (χ3v) is 5.96. The fraction of sp³-hybridized carbons (Fsp3) is 0.462. The Morgan fingerprint density at radius 1 is 0.879 bits per heavy atom. The maximum absolute atomic E-state index is 13.4. The molecule has 2 aromatic carbocycles. The summed E-state index contributed by atoms with van der Waals surface area (Å²) >= 11 is 0. The molecule has 0 unspecified atom stereocenters. The van der Waals surface area contributed by atoms with E-state index in [0.29, 0.717) is 68.6 Å². The lowest BCUT2D eigenvalue weighted by Crippen LogP contribution is -2.49. The van der Waals surface area contributed by atoms with Crippen molar-refractivity contribution >= 4 is 11.9 Å². The highest BCUT2D eigenvalue weighted by atomic mass is 16.5. The van der Waals surface area contributed by atoms with Gasteiger partial charge in [-0.05, 0) is 51.3 Å². The maximum Gasteiger partial charge on any atom is 0.316 e. The number of nitrogens with zero attached hydrogens (tertiary/aromatic N) is 1. The van der Waals surface area contributed by atoms with Crippen LogP contribution in [0.1, 0.15) is 49.5 Å². The van der Waals surface area contributed by atoms with Crippen LogP contribution in [0.15, 0.2) is 42.5 Å². The van der Waals surface area contributed by atoms with E-state index in [0.717, 1.165) is 5.56 Å². The Labute approximate surface area is 195 Å². The summed E-state index contributed by atoms with van der Waals surface area (Å²) in [5, 5.41) is 0. The molecule has 1 heterocycles. The summed E-state index contributed by atoms with van der Waals surface area (Å²) in [6, 6.07) is 13.1. The molecule has 1 aliphatic heterocycles. The molecule has 3 rings (SSSR count). The van der Waals surface area contributed by atoms with Gasteiger partial charge in [-0.3, -0.25) is 9.59 Å². The highest BCUT2D eigenvalue weighted by molar-refractivity contribution is 5.96. The minimum Gasteiger partial charge on any atom is -0.490 e. The van der Waals surface area contributed by atoms with Gasteiger partial charge >= 0.3 is 5.97 Å². The molecule has 1 aliphatic rings. The minimum atomic E-state index is -0.751. The molecule has 0 spiro atoms. The molecule has 33 heavy (non-hydrogen) atoms. The molecule has 0 aliphatic carbocycles. The molecule has 0 atom stereocenters. The van der Waals surface area contributed by atoms with Gasteiger partial charge in [-0.25, -0.2) is 0 Å². The molecule has 0 radical (unpaired) electrons. The number of ether oxygens (including phenoxy) is 4. The van der Waals surface area contributed by atoms with Crippen LogP contribution in [0.25, 0.3) is 0 Å². The van der Waals surface area contributed by atoms with Gasteiger partial charge in [-0.2, -0.15) is 0 Å². The van der Waals surface area contributed by atoms with E-state index in [4.69, 9.17) is 18.9 Å². The largest absolute Gasteiger partial charge is 0.490 e. The number of benzene rings is 2. The predicted octanol–water partition coefficient (Wildman–Crippen LogP) is 4.23. The highest BCUT2D eigenvalue weighted by Gasteiger charge is 2.44. The standard InChI is InChI=1S/C26H33NO6/c1-5-31-21-17-19(18-22(32-6-2)23(21)33-7-3)24(28)27-15-13-26(14-16-27,25(29)30-4)20-11-9-8-10-12-20/h8-12,17-18H,5-7,13-16H2,1-4H3. The number of likely N-dealkylation sites (tertiary alicyclic amines) is 1. The van der Waals surface area contributed by atoms with Crippen LogP contribution in [-0.2, 0) is 14.9 Å². The Morgan fingerprint density at radius 3 is 1.91 bits per heavy atom. The number of hydrogen-bond donors (Lipinski definition) is 0. The van der Waals surface area contributed by atoms with E-state index in [9.17, 15) is 9.59 Å². The molecule has 1 fully saturated rings. The second-order valence-electron chi connectivity index (χ2n) is 7.83. The Hall–Kier alpha value is -3.22. The summed E-state index contributed by atoms with van der Waals surface area (Å²) < 4.78 is 22.4. The molecule has 7 heteroatoms. The van der Waals surface area contributed by atoms with Crippen molar-refractivity contribution in [3.63, 3.8) is 0 Å². The van der Waals surface area contributed by atoms with Crippen LogP contribution in [0.3, 0.4) is 0 Å². The average molecular weight is 456 g/mol. The van der Waals surface area contributed by atoms with Gasteiger partial charge in [0.1, 0.15) is 0 Å². The van der Waals surface area contributed by atoms with Crippen LogP contribution < -0.4 is 14.2 Å². The van der Waals surface area contributed by atoms with Crippen molar-refractivity contribution in [3.8, 4) is 17.2 Å². The second-order valence-corrected chi connectivity index (χ2v) is 7.83. The lowest BCUT2D eigenvalue weighted by Gasteiger charge is -2.40. The minimum absolute atomic E-state index is 0.133. The van der Waals surface area contributed by atoms with Crippen LogP contribution in [0.4, 0.5) is 0 Å². The van der Waals surface area contributed by atoms with E-state index < -0.39 is 5.41 Å². The number of esters is 1. The number of piperidine rings is 1. The van der Waals surface area contributed by atoms with Crippen molar-refractivity contribution in [1.82, 2.24) is 4.90 Å². The van der Waals surface area contributed by atoms with Crippen molar-refractivity contribution in [2.45, 2.75) is 39.0 Å². The smallest absolute Gasteiger partial charge is 0.316 e. The summed E-state index contributed by atoms with van der Waals surface area (Å²) in [5.74, 6) is 1.08. The third-order valence-electron chi connectivity index (χ3n) is 5.96. The molecule has 0 aromatic heterocycles. The molecule has 1 saturated heterocycles. The van der Waals surface area contributed by atoms with E-state index in [2.05, 4.69) is 0 Å². The number of methoxy groups -OCH3 is 1. The zero-order valence-corrected chi connectivity index (χ0v) is 19.9. The topological polar surface area (TPSA) is 74.3 Å². The molecule has 0 saturated carbocycles. The summed E-state index contributed by atoms with van der Waals surface area (Å²) in [5.41, 5.74) is 0.636. The normalized spacial score (nSPS) is 15.0. The van der Waals surface area contributed by atoms with Gasteiger partial charge in [-0.15, -0.1) is 0 Å². The van der Waals surface area contributed by atoms with Gasteiger partial charge < -0.3 is 23.8 Å². The lowest BCUT2D eigenvalue weighted by atomic mass is 9.72. The Kier molecular flexibility index (Phi) is 8.20. The average Bonchev–Trinajstić information content (AvgIpc) is 2.85. The third kappa shape index (κ3) is 5.07. The lowest BCUT2D eigenvalue weighted by molar-refractivity contribution is -0.149. The van der Waals surface area contributed by atoms with Crippen LogP contribution in [0, 0.1) is 0 Å². The number of rotatable bonds is 9. The SMILES string of the molecule is CCOc1cc(C(=O)N2CCC(C(=O)OC)(c3ccccc3)CC2)cc(OCC)c1OCC. The first-order valence-corrected chi connectivity index (χ1v) is 11.5. The summed E-state index contributed by atoms with van der Waals surface area (Å²) in [6.45, 7) is 7.84. The summed E-state index contributed by atoms with van der Waals surface area (Å²) in [4.78, 5) is 28.0. The van der Waals surface area contributed by atoms with E-state index in [-0.39, 0.29) is 11.9 Å². The molecule has 178 valence electrons. The van der Waals surface area contributed by atoms with E-state index in [1.807, 2.05) is 51.1 Å². The van der Waals surface area contributed by atoms with Crippen molar-refractivity contribution in [2.24, 2.45) is 0 Å². The first kappa shape index (κ1) is 24.4. The quantitative estimate of drug-likeness (QED) is 0.527. The van der Waals surface area contributed by atoms with Crippen molar-refractivity contribution in [1.29, 1.82) is 0 Å². The Morgan fingerprint density at radius 2 is 1.42 bits per heavy atom. The Bertz CT molecular complexity index is 924. The molecular weight excluding hydrogens is 422 g/mol. The molecule has 7 nitrogen and oxygen atoms in total. The fourth-order valence-corrected chi connectivity index (χ4v) is 4.35. The summed E-state index contributed by atoms with van der Waals surface area (Å²) in [7, 11) is 1.41. The van der Waals surface area contributed by atoms with Gasteiger partial charge in [0.15, 0.2) is 11.5 Å². The van der Waals surface area contributed by atoms with E-state index >= 15 is 0 Å². The zero-order valence-electron chi connectivity index (χ0n) is 19.9. The molecule has 2 aromatic rings. The maximum atomic E-state index is 13.4. The van der Waals surface area contributed by atoms with Crippen molar-refractivity contribution in [3.05, 3.63) is 53.6 Å². The van der Waals surface area contributed by atoms with E-state index in [1.54, 1.807) is 17.0 Å². The van der Waals surface area contributed by atoms with Crippen LogP contribution in [0.2, 0.25) is 0 Å². The van der Waals surface area contributed by atoms with Crippen molar-refractivity contribution < 1.29 is 28.5 Å². The fourth-order valence-electron chi connectivity index (χ4n) is 4.35. The Balaban J connectivity index is 1.87. The van der Waals surface area contributed by atoms with Crippen LogP contribution in [0.5, 0.6) is 17.2 Å². The first-order valence-electron chi connectivity index (χ1n) is 11.5. The van der Waals surface area contributed by atoms with Gasteiger partial charge in [0.05, 0.1) is 32.3 Å². The first-order chi connectivity index (χ1) is 16.0. The molecule has 1 amide bonds. The van der Waals surface area contributed by atoms with Crippen LogP contribution >= 0.6 is 0 Å².